The second-order valence-electron chi connectivity index (χ2n) is 7.65. The molecule has 0 radical (unpaired) electrons. The van der Waals surface area contributed by atoms with Gasteiger partial charge in [-0.25, -0.2) is 9.37 Å². The number of aromatic nitrogens is 5. The van der Waals surface area contributed by atoms with Crippen molar-refractivity contribution in [2.45, 2.75) is 6.92 Å². The Balaban J connectivity index is 1.45. The van der Waals surface area contributed by atoms with Gasteiger partial charge in [-0.3, -0.25) is 9.48 Å². The Morgan fingerprint density at radius 2 is 2.00 bits per heavy atom. The summed E-state index contributed by atoms with van der Waals surface area (Å²) in [6.07, 6.45) is 3.50. The largest absolute Gasteiger partial charge is 0.378 e. The predicted molar refractivity (Wildman–Crippen MR) is 117 cm³/mol. The molecule has 1 amide bonds. The Bertz CT molecular complexity index is 1290. The number of anilines is 2. The van der Waals surface area contributed by atoms with Crippen LogP contribution in [0.25, 0.3) is 16.7 Å². The number of hydrogen-bond donors (Lipinski definition) is 1. The van der Waals surface area contributed by atoms with Crippen LogP contribution in [0.15, 0.2) is 42.7 Å². The molecule has 0 aliphatic carbocycles. The van der Waals surface area contributed by atoms with Gasteiger partial charge in [0.1, 0.15) is 11.5 Å². The van der Waals surface area contributed by atoms with Gasteiger partial charge in [-0.2, -0.15) is 10.1 Å². The molecule has 1 fully saturated rings. The minimum atomic E-state index is -0.572. The summed E-state index contributed by atoms with van der Waals surface area (Å²) in [5.41, 5.74) is 2.23. The first-order valence-electron chi connectivity index (χ1n) is 10.3. The van der Waals surface area contributed by atoms with Crippen LogP contribution in [-0.4, -0.2) is 61.4 Å². The number of nitrogens with zero attached hydrogens (tertiary/aromatic N) is 6. The van der Waals surface area contributed by atoms with Crippen molar-refractivity contribution >= 4 is 28.7 Å². The van der Waals surface area contributed by atoms with Gasteiger partial charge in [0, 0.05) is 55.4 Å². The molecule has 32 heavy (non-hydrogen) atoms. The first-order chi connectivity index (χ1) is 15.5. The molecule has 0 saturated carbocycles. The van der Waals surface area contributed by atoms with Crippen LogP contribution in [0.4, 0.5) is 16.2 Å². The molecule has 1 aromatic carbocycles. The Morgan fingerprint density at radius 3 is 2.72 bits per heavy atom. The van der Waals surface area contributed by atoms with Crippen LogP contribution >= 0.6 is 0 Å². The highest BCUT2D eigenvalue weighted by molar-refractivity contribution is 5.95. The van der Waals surface area contributed by atoms with Crippen LogP contribution in [0, 0.1) is 12.7 Å². The normalized spacial score (nSPS) is 14.2. The lowest BCUT2D eigenvalue weighted by molar-refractivity contribution is 0.0300. The lowest BCUT2D eigenvalue weighted by Crippen LogP contribution is -2.41. The van der Waals surface area contributed by atoms with Crippen LogP contribution < -0.4 is 5.32 Å². The second kappa shape index (κ2) is 8.04. The van der Waals surface area contributed by atoms with E-state index in [0.29, 0.717) is 49.4 Å². The van der Waals surface area contributed by atoms with Gasteiger partial charge in [-0.15, -0.1) is 0 Å². The van der Waals surface area contributed by atoms with Crippen molar-refractivity contribution in [3.8, 4) is 5.69 Å². The topological polar surface area (TPSA) is 90.1 Å². The first-order valence-corrected chi connectivity index (χ1v) is 10.3. The molecule has 0 bridgehead atoms. The Labute approximate surface area is 183 Å². The van der Waals surface area contributed by atoms with E-state index >= 15 is 0 Å². The number of amides is 1. The fraction of sp³-hybridized carbons (Fsp3) is 0.273. The SMILES string of the molecule is Cc1cc(Nc2ncc3ccn(-c4ccc(C(=O)N5CCOCC5)c(F)c4)c3n2)nn1C. The van der Waals surface area contributed by atoms with Crippen molar-refractivity contribution in [3.05, 3.63) is 59.8 Å². The summed E-state index contributed by atoms with van der Waals surface area (Å²) < 4.78 is 23.7. The maximum absolute atomic E-state index is 14.9. The highest BCUT2D eigenvalue weighted by atomic mass is 19.1. The number of fused-ring (bicyclic) bond motifs is 1. The average molecular weight is 435 g/mol. The highest BCUT2D eigenvalue weighted by Gasteiger charge is 2.22. The highest BCUT2D eigenvalue weighted by Crippen LogP contribution is 2.23. The van der Waals surface area contributed by atoms with Crippen molar-refractivity contribution in [1.29, 1.82) is 0 Å². The number of ether oxygens (including phenoxy) is 1. The number of nitrogens with one attached hydrogen (secondary N) is 1. The summed E-state index contributed by atoms with van der Waals surface area (Å²) >= 11 is 0. The second-order valence-corrected chi connectivity index (χ2v) is 7.65. The van der Waals surface area contributed by atoms with Gasteiger partial charge in [0.2, 0.25) is 5.95 Å². The van der Waals surface area contributed by atoms with Crippen LogP contribution in [0.5, 0.6) is 0 Å². The zero-order valence-corrected chi connectivity index (χ0v) is 17.7. The molecule has 1 aliphatic heterocycles. The maximum atomic E-state index is 14.9. The number of hydrogen-bond acceptors (Lipinski definition) is 6. The third-order valence-corrected chi connectivity index (χ3v) is 5.54. The molecule has 164 valence electrons. The van der Waals surface area contributed by atoms with E-state index in [4.69, 9.17) is 4.74 Å². The standard InChI is InChI=1S/C22H22FN7O2/c1-14-11-19(27-28(14)2)25-22-24-13-15-5-6-30(20(15)26-22)16-3-4-17(18(23)12-16)21(31)29-7-9-32-10-8-29/h3-6,11-13H,7-10H2,1-2H3,(H,24,25,26,27). The summed E-state index contributed by atoms with van der Waals surface area (Å²) in [7, 11) is 1.86. The molecule has 1 saturated heterocycles. The smallest absolute Gasteiger partial charge is 0.256 e. The molecule has 4 heterocycles. The van der Waals surface area contributed by atoms with Crippen LogP contribution in [0.1, 0.15) is 16.1 Å². The van der Waals surface area contributed by atoms with Crippen LogP contribution in [0.2, 0.25) is 0 Å². The maximum Gasteiger partial charge on any atom is 0.256 e. The Kier molecular flexibility index (Phi) is 5.06. The van der Waals surface area contributed by atoms with E-state index in [1.54, 1.807) is 32.6 Å². The molecule has 0 unspecified atom stereocenters. The minimum absolute atomic E-state index is 0.0506. The summed E-state index contributed by atoms with van der Waals surface area (Å²) in [5, 5.41) is 8.26. The fourth-order valence-corrected chi connectivity index (χ4v) is 3.69. The molecular weight excluding hydrogens is 413 g/mol. The van der Waals surface area contributed by atoms with Gasteiger partial charge in [0.05, 0.1) is 18.8 Å². The van der Waals surface area contributed by atoms with Crippen molar-refractivity contribution in [2.75, 3.05) is 31.6 Å². The fourth-order valence-electron chi connectivity index (χ4n) is 3.69. The van der Waals surface area contributed by atoms with Gasteiger partial charge >= 0.3 is 0 Å². The Hall–Kier alpha value is -3.79. The minimum Gasteiger partial charge on any atom is -0.378 e. The zero-order chi connectivity index (χ0) is 22.2. The summed E-state index contributed by atoms with van der Waals surface area (Å²) in [4.78, 5) is 23.2. The lowest BCUT2D eigenvalue weighted by Gasteiger charge is -2.27. The van der Waals surface area contributed by atoms with E-state index in [-0.39, 0.29) is 11.5 Å². The lowest BCUT2D eigenvalue weighted by atomic mass is 10.1. The Morgan fingerprint density at radius 1 is 1.19 bits per heavy atom. The van der Waals surface area contributed by atoms with Crippen molar-refractivity contribution in [3.63, 3.8) is 0 Å². The number of rotatable bonds is 4. The quantitative estimate of drug-likeness (QED) is 0.530. The number of benzene rings is 1. The first kappa shape index (κ1) is 20.1. The van der Waals surface area contributed by atoms with Gasteiger partial charge < -0.3 is 19.5 Å². The monoisotopic (exact) mass is 435 g/mol. The molecule has 9 nitrogen and oxygen atoms in total. The van der Waals surface area contributed by atoms with E-state index < -0.39 is 5.82 Å². The van der Waals surface area contributed by atoms with Gasteiger partial charge in [-0.05, 0) is 31.2 Å². The van der Waals surface area contributed by atoms with E-state index in [1.807, 2.05) is 26.1 Å². The van der Waals surface area contributed by atoms with Crippen molar-refractivity contribution in [2.24, 2.45) is 7.05 Å². The van der Waals surface area contributed by atoms with E-state index in [1.165, 1.54) is 12.1 Å². The van der Waals surface area contributed by atoms with Crippen molar-refractivity contribution in [1.82, 2.24) is 29.2 Å². The van der Waals surface area contributed by atoms with E-state index in [9.17, 15) is 9.18 Å². The number of halogens is 1. The summed E-state index contributed by atoms with van der Waals surface area (Å²) in [6.45, 7) is 3.81. The molecule has 10 heteroatoms. The van der Waals surface area contributed by atoms with Crippen molar-refractivity contribution < 1.29 is 13.9 Å². The number of carbonyl (C=O) groups is 1. The average Bonchev–Trinajstić information content (AvgIpc) is 3.36. The molecular formula is C22H22FN7O2. The third kappa shape index (κ3) is 3.69. The van der Waals surface area contributed by atoms with Crippen LogP contribution in [0.3, 0.4) is 0 Å². The van der Waals surface area contributed by atoms with Gasteiger partial charge in [0.15, 0.2) is 5.82 Å². The van der Waals surface area contributed by atoms with E-state index in [2.05, 4.69) is 20.4 Å². The molecule has 5 rings (SSSR count). The van der Waals surface area contributed by atoms with Gasteiger partial charge in [0.25, 0.3) is 5.91 Å². The van der Waals surface area contributed by atoms with E-state index in [0.717, 1.165) is 11.1 Å². The third-order valence-electron chi connectivity index (χ3n) is 5.54. The molecule has 0 spiro atoms. The van der Waals surface area contributed by atoms with Crippen LogP contribution in [-0.2, 0) is 11.8 Å². The molecule has 1 N–H and O–H groups in total. The summed E-state index contributed by atoms with van der Waals surface area (Å²) in [6, 6.07) is 8.34. The summed E-state index contributed by atoms with van der Waals surface area (Å²) in [5.74, 6) is 0.126. The zero-order valence-electron chi connectivity index (χ0n) is 17.7. The molecule has 1 aliphatic rings. The number of carbonyl (C=O) groups excluding carboxylic acids is 1. The molecule has 3 aromatic heterocycles. The number of morpholine rings is 1. The van der Waals surface area contributed by atoms with Gasteiger partial charge in [-0.1, -0.05) is 0 Å². The predicted octanol–water partition coefficient (Wildman–Crippen LogP) is 2.82. The molecule has 4 aromatic rings. The molecule has 0 atom stereocenters. The number of aryl methyl sites for hydroxylation is 2.